The number of carbonyl (C=O) groups is 1. The summed E-state index contributed by atoms with van der Waals surface area (Å²) < 4.78 is 5.47. The summed E-state index contributed by atoms with van der Waals surface area (Å²) in [6.45, 7) is 4.98. The number of aliphatic hydroxyl groups is 1. The first-order valence-corrected chi connectivity index (χ1v) is 12.4. The van der Waals surface area contributed by atoms with Crippen LogP contribution in [0.4, 0.5) is 0 Å². The van der Waals surface area contributed by atoms with Crippen molar-refractivity contribution in [3.05, 3.63) is 64.3 Å². The number of aromatic amines is 1. The molecule has 0 bridgehead atoms. The van der Waals surface area contributed by atoms with Gasteiger partial charge in [0.05, 0.1) is 19.8 Å². The monoisotopic (exact) mass is 481 g/mol. The third-order valence-electron chi connectivity index (χ3n) is 7.67. The molecule has 5 rings (SSSR count). The number of rotatable bonds is 5. The Balaban J connectivity index is 1.59. The summed E-state index contributed by atoms with van der Waals surface area (Å²) in [4.78, 5) is 20.4. The molecular formula is C27H32ClN3O3. The van der Waals surface area contributed by atoms with Crippen molar-refractivity contribution in [3.8, 4) is 5.75 Å². The van der Waals surface area contributed by atoms with Crippen LogP contribution in [0.15, 0.2) is 42.5 Å². The molecule has 1 amide bonds. The summed E-state index contributed by atoms with van der Waals surface area (Å²) in [5, 5.41) is 12.4. The van der Waals surface area contributed by atoms with E-state index in [1.807, 2.05) is 42.2 Å². The number of ether oxygens (including phenoxy) is 1. The lowest BCUT2D eigenvalue weighted by Crippen LogP contribution is -2.54. The third-order valence-corrected chi connectivity index (χ3v) is 7.90. The largest absolute Gasteiger partial charge is 0.497 e. The highest BCUT2D eigenvalue weighted by molar-refractivity contribution is 6.30. The molecule has 0 aliphatic carbocycles. The number of nitrogens with one attached hydrogen (secondary N) is 1. The number of carbonyl (C=O) groups excluding carboxylic acids is 1. The standard InChI is InChI=1S/C27H32ClN3O3/c1-3-24(33)30-11-9-27(10-12-30)17-31(15-18-5-4-6-19(28)13-18)23(16-32)26-25(27)21-8-7-20(34-2)14-22(21)29-26/h4-8,13-14,23,29,32H,3,9-12,15-17H2,1-2H3/t23-/m0/s1. The first-order chi connectivity index (χ1) is 16.5. The fourth-order valence-electron chi connectivity index (χ4n) is 5.96. The van der Waals surface area contributed by atoms with Gasteiger partial charge < -0.3 is 19.7 Å². The molecule has 0 saturated carbocycles. The number of nitrogens with zero attached hydrogens (tertiary/aromatic N) is 2. The van der Waals surface area contributed by atoms with Gasteiger partial charge in [-0.1, -0.05) is 30.7 Å². The van der Waals surface area contributed by atoms with Crippen molar-refractivity contribution in [2.45, 2.75) is 44.2 Å². The van der Waals surface area contributed by atoms with Crippen LogP contribution in [0.5, 0.6) is 5.75 Å². The number of halogens is 1. The molecule has 6 nitrogen and oxygen atoms in total. The predicted octanol–water partition coefficient (Wildman–Crippen LogP) is 4.65. The molecule has 1 spiro atoms. The Kier molecular flexibility index (Phi) is 6.32. The van der Waals surface area contributed by atoms with Gasteiger partial charge in [0.15, 0.2) is 0 Å². The van der Waals surface area contributed by atoms with Crippen molar-refractivity contribution in [1.82, 2.24) is 14.8 Å². The van der Waals surface area contributed by atoms with Crippen LogP contribution in [0, 0.1) is 0 Å². The average Bonchev–Trinajstić information content (AvgIpc) is 3.23. The van der Waals surface area contributed by atoms with Crippen LogP contribution in [0.2, 0.25) is 5.02 Å². The van der Waals surface area contributed by atoms with Crippen molar-refractivity contribution in [2.24, 2.45) is 0 Å². The van der Waals surface area contributed by atoms with Gasteiger partial charge in [0.2, 0.25) is 5.91 Å². The fraction of sp³-hybridized carbons (Fsp3) is 0.444. The average molecular weight is 482 g/mol. The molecule has 3 aromatic rings. The van der Waals surface area contributed by atoms with Crippen LogP contribution in [0.1, 0.15) is 49.0 Å². The van der Waals surface area contributed by atoms with E-state index in [9.17, 15) is 9.90 Å². The fourth-order valence-corrected chi connectivity index (χ4v) is 6.18. The SMILES string of the molecule is CCC(=O)N1CCC2(CC1)CN(Cc1cccc(Cl)c1)[C@@H](CO)c1[nH]c3cc(OC)ccc3c12. The third kappa shape index (κ3) is 3.98. The van der Waals surface area contributed by atoms with Gasteiger partial charge in [-0.05, 0) is 48.2 Å². The van der Waals surface area contributed by atoms with Gasteiger partial charge in [0, 0.05) is 65.7 Å². The molecule has 1 aromatic heterocycles. The molecule has 7 heteroatoms. The number of aromatic nitrogens is 1. The summed E-state index contributed by atoms with van der Waals surface area (Å²) in [5.41, 5.74) is 4.43. The van der Waals surface area contributed by atoms with E-state index in [1.54, 1.807) is 7.11 Å². The molecule has 0 unspecified atom stereocenters. The van der Waals surface area contributed by atoms with Crippen LogP contribution in [0.3, 0.4) is 0 Å². The summed E-state index contributed by atoms with van der Waals surface area (Å²) in [6, 6.07) is 14.0. The highest BCUT2D eigenvalue weighted by Gasteiger charge is 2.47. The number of hydrogen-bond donors (Lipinski definition) is 2. The number of benzene rings is 2. The molecule has 3 heterocycles. The molecule has 2 aromatic carbocycles. The van der Waals surface area contributed by atoms with E-state index in [-0.39, 0.29) is 24.0 Å². The Bertz CT molecular complexity index is 1200. The van der Waals surface area contributed by atoms with E-state index in [0.717, 1.165) is 60.0 Å². The number of methoxy groups -OCH3 is 1. The zero-order chi connectivity index (χ0) is 23.9. The second-order valence-electron chi connectivity index (χ2n) is 9.57. The molecule has 34 heavy (non-hydrogen) atoms. The Morgan fingerprint density at radius 1 is 1.24 bits per heavy atom. The van der Waals surface area contributed by atoms with Crippen LogP contribution in [-0.4, -0.2) is 59.1 Å². The first kappa shape index (κ1) is 23.2. The number of hydrogen-bond acceptors (Lipinski definition) is 4. The van der Waals surface area contributed by atoms with Crippen LogP contribution >= 0.6 is 11.6 Å². The highest BCUT2D eigenvalue weighted by Crippen LogP contribution is 2.49. The second-order valence-corrected chi connectivity index (χ2v) is 10.0. The minimum atomic E-state index is -0.145. The second kappa shape index (κ2) is 9.25. The maximum absolute atomic E-state index is 12.4. The van der Waals surface area contributed by atoms with Crippen molar-refractivity contribution in [1.29, 1.82) is 0 Å². The van der Waals surface area contributed by atoms with Gasteiger partial charge in [-0.3, -0.25) is 9.69 Å². The Morgan fingerprint density at radius 2 is 2.03 bits per heavy atom. The molecule has 1 fully saturated rings. The van der Waals surface area contributed by atoms with Gasteiger partial charge in [-0.15, -0.1) is 0 Å². The lowest BCUT2D eigenvalue weighted by molar-refractivity contribution is -0.132. The molecule has 1 atom stereocenters. The van der Waals surface area contributed by atoms with Crippen molar-refractivity contribution in [3.63, 3.8) is 0 Å². The molecule has 180 valence electrons. The van der Waals surface area contributed by atoms with Gasteiger partial charge in [0.1, 0.15) is 5.75 Å². The molecule has 2 N–H and O–H groups in total. The van der Waals surface area contributed by atoms with Gasteiger partial charge in [-0.25, -0.2) is 0 Å². The highest BCUT2D eigenvalue weighted by atomic mass is 35.5. The predicted molar refractivity (Wildman–Crippen MR) is 134 cm³/mol. The maximum atomic E-state index is 12.4. The summed E-state index contributed by atoms with van der Waals surface area (Å²) in [6.07, 6.45) is 2.34. The van der Waals surface area contributed by atoms with Gasteiger partial charge >= 0.3 is 0 Å². The minimum Gasteiger partial charge on any atom is -0.497 e. The van der Waals surface area contributed by atoms with Crippen molar-refractivity contribution >= 4 is 28.4 Å². The van der Waals surface area contributed by atoms with E-state index in [1.165, 1.54) is 10.9 Å². The zero-order valence-corrected chi connectivity index (χ0v) is 20.6. The number of fused-ring (bicyclic) bond motifs is 4. The molecular weight excluding hydrogens is 450 g/mol. The van der Waals surface area contributed by atoms with E-state index >= 15 is 0 Å². The Hall–Kier alpha value is -2.54. The number of H-pyrrole nitrogens is 1. The Labute approximate surface area is 205 Å². The molecule has 1 saturated heterocycles. The molecule has 2 aliphatic heterocycles. The lowest BCUT2D eigenvalue weighted by Gasteiger charge is -2.50. The van der Waals surface area contributed by atoms with E-state index in [2.05, 4.69) is 22.0 Å². The van der Waals surface area contributed by atoms with Gasteiger partial charge in [0.25, 0.3) is 0 Å². The van der Waals surface area contributed by atoms with E-state index in [0.29, 0.717) is 13.0 Å². The van der Waals surface area contributed by atoms with E-state index < -0.39 is 0 Å². The van der Waals surface area contributed by atoms with Crippen LogP contribution in [-0.2, 0) is 16.8 Å². The summed E-state index contributed by atoms with van der Waals surface area (Å²) in [7, 11) is 1.68. The topological polar surface area (TPSA) is 68.8 Å². The smallest absolute Gasteiger partial charge is 0.222 e. The van der Waals surface area contributed by atoms with E-state index in [4.69, 9.17) is 16.3 Å². The molecule has 2 aliphatic rings. The summed E-state index contributed by atoms with van der Waals surface area (Å²) in [5.74, 6) is 1.03. The number of likely N-dealkylation sites (tertiary alicyclic amines) is 1. The zero-order valence-electron chi connectivity index (χ0n) is 19.8. The first-order valence-electron chi connectivity index (χ1n) is 12.0. The number of piperidine rings is 1. The lowest BCUT2D eigenvalue weighted by atomic mass is 9.68. The quantitative estimate of drug-likeness (QED) is 0.556. The minimum absolute atomic E-state index is 0.0219. The van der Waals surface area contributed by atoms with Crippen LogP contribution < -0.4 is 4.74 Å². The van der Waals surface area contributed by atoms with Crippen molar-refractivity contribution < 1.29 is 14.6 Å². The normalized spacial score (nSPS) is 20.0. The van der Waals surface area contributed by atoms with Gasteiger partial charge in [-0.2, -0.15) is 0 Å². The Morgan fingerprint density at radius 3 is 2.71 bits per heavy atom. The number of aliphatic hydroxyl groups excluding tert-OH is 1. The molecule has 0 radical (unpaired) electrons. The van der Waals surface area contributed by atoms with Crippen molar-refractivity contribution in [2.75, 3.05) is 33.4 Å². The number of amides is 1. The maximum Gasteiger partial charge on any atom is 0.222 e. The van der Waals surface area contributed by atoms with Crippen LogP contribution in [0.25, 0.3) is 10.9 Å². The summed E-state index contributed by atoms with van der Waals surface area (Å²) >= 11 is 6.27.